The fourth-order valence-electron chi connectivity index (χ4n) is 3.79. The molecule has 35 heavy (non-hydrogen) atoms. The summed E-state index contributed by atoms with van der Waals surface area (Å²) in [5.74, 6) is -1.46. The van der Waals surface area contributed by atoms with E-state index in [2.05, 4.69) is 42.0 Å². The summed E-state index contributed by atoms with van der Waals surface area (Å²) in [6.45, 7) is 5.51. The molecule has 0 aliphatic carbocycles. The van der Waals surface area contributed by atoms with E-state index in [0.717, 1.165) is 56.9 Å². The molecule has 0 bridgehead atoms. The molecule has 0 aromatic heterocycles. The molecule has 0 aliphatic rings. The molecule has 2 atom stereocenters. The number of unbranched alkanes of at least 4 members (excludes halogenated alkanes) is 3. The Kier molecular flexibility index (Phi) is 12.6. The van der Waals surface area contributed by atoms with Crippen molar-refractivity contribution < 1.29 is 19.2 Å². The quantitative estimate of drug-likeness (QED) is 0.291. The Balaban J connectivity index is 1.65. The van der Waals surface area contributed by atoms with Gasteiger partial charge in [0.25, 0.3) is 5.91 Å². The predicted octanol–water partition coefficient (Wildman–Crippen LogP) is 5.09. The van der Waals surface area contributed by atoms with Crippen LogP contribution in [0.4, 0.5) is 0 Å². The fraction of sp³-hybridized carbons (Fsp3) is 0.483. The first-order valence-electron chi connectivity index (χ1n) is 12.8. The number of hydrogen-bond donors (Lipinski definition) is 2. The van der Waals surface area contributed by atoms with Crippen molar-refractivity contribution in [3.63, 3.8) is 0 Å². The van der Waals surface area contributed by atoms with Crippen LogP contribution in [0.15, 0.2) is 54.6 Å². The highest BCUT2D eigenvalue weighted by atomic mass is 16.7. The number of rotatable bonds is 14. The normalized spacial score (nSPS) is 12.4. The fourth-order valence-corrected chi connectivity index (χ4v) is 3.79. The standard InChI is InChI=1S/C29H40N2O4/c1-4-5-7-12-22(2)28(33)30-23(3)29(34)35-31-27(32)21-26-19-17-25(18-20-26)16-11-10-15-24-13-8-6-9-14-24/h6,8-9,13-14,17-20,22-23H,4-5,7,10-12,15-16,21H2,1-3H3,(H,30,33)(H,31,32)/t22-,23-/m0/s1. The van der Waals surface area contributed by atoms with E-state index in [0.29, 0.717) is 0 Å². The number of nitrogens with one attached hydrogen (secondary N) is 2. The van der Waals surface area contributed by atoms with Gasteiger partial charge in [0.15, 0.2) is 0 Å². The first kappa shape index (κ1) is 28.1. The van der Waals surface area contributed by atoms with Gasteiger partial charge in [0, 0.05) is 5.92 Å². The minimum atomic E-state index is -0.836. The number of hydroxylamine groups is 1. The van der Waals surface area contributed by atoms with E-state index >= 15 is 0 Å². The van der Waals surface area contributed by atoms with Gasteiger partial charge < -0.3 is 10.2 Å². The minimum absolute atomic E-state index is 0.108. The second kappa shape index (κ2) is 15.7. The molecule has 0 spiro atoms. The van der Waals surface area contributed by atoms with E-state index in [1.165, 1.54) is 11.1 Å². The monoisotopic (exact) mass is 480 g/mol. The van der Waals surface area contributed by atoms with Gasteiger partial charge in [-0.2, -0.15) is 5.48 Å². The topological polar surface area (TPSA) is 84.5 Å². The highest BCUT2D eigenvalue weighted by Gasteiger charge is 2.21. The van der Waals surface area contributed by atoms with Crippen molar-refractivity contribution >= 4 is 17.8 Å². The van der Waals surface area contributed by atoms with Crippen LogP contribution in [0.3, 0.4) is 0 Å². The highest BCUT2D eigenvalue weighted by molar-refractivity contribution is 5.86. The molecule has 2 aromatic rings. The lowest BCUT2D eigenvalue weighted by Crippen LogP contribution is -2.44. The second-order valence-corrected chi connectivity index (χ2v) is 9.26. The zero-order chi connectivity index (χ0) is 25.5. The van der Waals surface area contributed by atoms with Crippen molar-refractivity contribution in [3.8, 4) is 0 Å². The van der Waals surface area contributed by atoms with Gasteiger partial charge >= 0.3 is 5.97 Å². The Morgan fingerprint density at radius 3 is 2.03 bits per heavy atom. The molecule has 6 heteroatoms. The lowest BCUT2D eigenvalue weighted by molar-refractivity contribution is -0.160. The van der Waals surface area contributed by atoms with Crippen LogP contribution in [0.1, 0.15) is 76.0 Å². The molecule has 2 N–H and O–H groups in total. The number of carbonyl (C=O) groups is 3. The summed E-state index contributed by atoms with van der Waals surface area (Å²) in [5.41, 5.74) is 5.63. The van der Waals surface area contributed by atoms with Crippen LogP contribution in [0, 0.1) is 5.92 Å². The third-order valence-electron chi connectivity index (χ3n) is 6.08. The van der Waals surface area contributed by atoms with Gasteiger partial charge in [-0.1, -0.05) is 87.7 Å². The average Bonchev–Trinajstić information content (AvgIpc) is 2.86. The summed E-state index contributed by atoms with van der Waals surface area (Å²) >= 11 is 0. The lowest BCUT2D eigenvalue weighted by Gasteiger charge is -2.16. The Labute approximate surface area is 209 Å². The Morgan fingerprint density at radius 2 is 1.40 bits per heavy atom. The van der Waals surface area contributed by atoms with Gasteiger partial charge in [-0.25, -0.2) is 4.79 Å². The third-order valence-corrected chi connectivity index (χ3v) is 6.08. The molecule has 0 aliphatic heterocycles. The van der Waals surface area contributed by atoms with E-state index in [1.54, 1.807) is 6.92 Å². The summed E-state index contributed by atoms with van der Waals surface area (Å²) in [7, 11) is 0. The Hall–Kier alpha value is -3.15. The van der Waals surface area contributed by atoms with E-state index in [1.807, 2.05) is 37.3 Å². The van der Waals surface area contributed by atoms with E-state index in [9.17, 15) is 14.4 Å². The number of hydrogen-bond acceptors (Lipinski definition) is 4. The van der Waals surface area contributed by atoms with Crippen molar-refractivity contribution in [2.75, 3.05) is 0 Å². The maximum absolute atomic E-state index is 12.2. The van der Waals surface area contributed by atoms with Gasteiger partial charge in [0.1, 0.15) is 6.04 Å². The zero-order valence-corrected chi connectivity index (χ0v) is 21.3. The van der Waals surface area contributed by atoms with Crippen molar-refractivity contribution in [1.82, 2.24) is 10.8 Å². The smallest absolute Gasteiger partial charge is 0.343 e. The number of benzene rings is 2. The second-order valence-electron chi connectivity index (χ2n) is 9.26. The molecule has 0 unspecified atom stereocenters. The molecule has 0 saturated heterocycles. The van der Waals surface area contributed by atoms with E-state index in [-0.39, 0.29) is 18.2 Å². The number of amides is 2. The average molecular weight is 481 g/mol. The minimum Gasteiger partial charge on any atom is -0.343 e. The largest absolute Gasteiger partial charge is 0.353 e. The molecule has 0 saturated carbocycles. The Morgan fingerprint density at radius 1 is 0.800 bits per heavy atom. The first-order valence-corrected chi connectivity index (χ1v) is 12.8. The summed E-state index contributed by atoms with van der Waals surface area (Å²) in [6, 6.07) is 17.6. The molecule has 0 radical (unpaired) electrons. The molecule has 2 amide bonds. The van der Waals surface area contributed by atoms with Crippen molar-refractivity contribution in [1.29, 1.82) is 0 Å². The molecule has 0 heterocycles. The molecule has 2 rings (SSSR count). The van der Waals surface area contributed by atoms with Crippen LogP contribution in [0.2, 0.25) is 0 Å². The van der Waals surface area contributed by atoms with Crippen LogP contribution in [-0.4, -0.2) is 23.8 Å². The molecular formula is C29H40N2O4. The maximum atomic E-state index is 12.2. The van der Waals surface area contributed by atoms with Crippen LogP contribution >= 0.6 is 0 Å². The molecule has 0 fully saturated rings. The van der Waals surface area contributed by atoms with Gasteiger partial charge in [0.05, 0.1) is 6.42 Å². The molecule has 6 nitrogen and oxygen atoms in total. The van der Waals surface area contributed by atoms with Crippen LogP contribution in [0.5, 0.6) is 0 Å². The van der Waals surface area contributed by atoms with Crippen LogP contribution < -0.4 is 10.8 Å². The van der Waals surface area contributed by atoms with Gasteiger partial charge in [-0.05, 0) is 55.7 Å². The Bertz CT molecular complexity index is 912. The van der Waals surface area contributed by atoms with Crippen LogP contribution in [-0.2, 0) is 38.5 Å². The SMILES string of the molecule is CCCCC[C@H](C)C(=O)N[C@@H](C)C(=O)ONC(=O)Cc1ccc(CCCCc2ccccc2)cc1. The van der Waals surface area contributed by atoms with Crippen molar-refractivity contribution in [2.24, 2.45) is 5.92 Å². The lowest BCUT2D eigenvalue weighted by atomic mass is 10.0. The predicted molar refractivity (Wildman–Crippen MR) is 138 cm³/mol. The van der Waals surface area contributed by atoms with E-state index in [4.69, 9.17) is 4.84 Å². The highest BCUT2D eigenvalue weighted by Crippen LogP contribution is 2.12. The third kappa shape index (κ3) is 11.2. The molecule has 2 aromatic carbocycles. The summed E-state index contributed by atoms with van der Waals surface area (Å²) in [5, 5.41) is 2.65. The molecular weight excluding hydrogens is 440 g/mol. The van der Waals surface area contributed by atoms with Gasteiger partial charge in [0.2, 0.25) is 5.91 Å². The van der Waals surface area contributed by atoms with Crippen molar-refractivity contribution in [2.45, 2.75) is 84.6 Å². The van der Waals surface area contributed by atoms with Gasteiger partial charge in [-0.3, -0.25) is 9.59 Å². The maximum Gasteiger partial charge on any atom is 0.353 e. The van der Waals surface area contributed by atoms with E-state index < -0.39 is 17.9 Å². The summed E-state index contributed by atoms with van der Waals surface area (Å²) in [4.78, 5) is 41.4. The van der Waals surface area contributed by atoms with Gasteiger partial charge in [-0.15, -0.1) is 0 Å². The zero-order valence-electron chi connectivity index (χ0n) is 21.3. The van der Waals surface area contributed by atoms with Crippen LogP contribution in [0.25, 0.3) is 0 Å². The summed E-state index contributed by atoms with van der Waals surface area (Å²) < 4.78 is 0. The number of aryl methyl sites for hydroxylation is 2. The molecule has 190 valence electrons. The first-order chi connectivity index (χ1) is 16.9. The van der Waals surface area contributed by atoms with Crippen molar-refractivity contribution in [3.05, 3.63) is 71.3 Å². The summed E-state index contributed by atoms with van der Waals surface area (Å²) in [6.07, 6.45) is 8.37. The number of carbonyl (C=O) groups excluding carboxylic acids is 3.